The SMILES string of the molecule is F[B-](F)(F)F.Fc1cc2ccccc2s1. The van der Waals surface area contributed by atoms with Crippen molar-refractivity contribution >= 4 is 28.7 Å². The monoisotopic (exact) mass is 239 g/mol. The van der Waals surface area contributed by atoms with E-state index in [1.54, 1.807) is 6.07 Å². The molecular formula is C8H5BF5S-. The van der Waals surface area contributed by atoms with Crippen LogP contribution in [-0.4, -0.2) is 7.25 Å². The first-order chi connectivity index (χ1) is 6.86. The van der Waals surface area contributed by atoms with Gasteiger partial charge in [0.05, 0.1) is 0 Å². The molecule has 0 saturated carbocycles. The van der Waals surface area contributed by atoms with Crippen molar-refractivity contribution in [3.05, 3.63) is 35.5 Å². The minimum absolute atomic E-state index is 0.110. The maximum atomic E-state index is 12.5. The van der Waals surface area contributed by atoms with Crippen LogP contribution < -0.4 is 0 Å². The van der Waals surface area contributed by atoms with Crippen LogP contribution in [0.4, 0.5) is 21.7 Å². The molecule has 0 radical (unpaired) electrons. The molecule has 0 aliphatic rings. The van der Waals surface area contributed by atoms with Gasteiger partial charge in [-0.1, -0.05) is 18.2 Å². The van der Waals surface area contributed by atoms with Crippen LogP contribution in [0.1, 0.15) is 0 Å². The fourth-order valence-corrected chi connectivity index (χ4v) is 1.74. The number of benzene rings is 1. The predicted molar refractivity (Wildman–Crippen MR) is 52.0 cm³/mol. The van der Waals surface area contributed by atoms with Gasteiger partial charge in [-0.2, -0.15) is 4.39 Å². The van der Waals surface area contributed by atoms with E-state index in [0.717, 1.165) is 10.1 Å². The molecule has 0 N–H and O–H groups in total. The molecule has 0 aliphatic carbocycles. The van der Waals surface area contributed by atoms with Crippen LogP contribution in [0.3, 0.4) is 0 Å². The first-order valence-corrected chi connectivity index (χ1v) is 4.69. The molecule has 82 valence electrons. The normalized spacial score (nSPS) is 11.0. The molecule has 0 nitrogen and oxygen atoms in total. The number of rotatable bonds is 0. The predicted octanol–water partition coefficient (Wildman–Crippen LogP) is 4.34. The molecule has 15 heavy (non-hydrogen) atoms. The number of hydrogen-bond acceptors (Lipinski definition) is 1. The Bertz CT molecular complexity index is 397. The molecule has 1 aromatic heterocycles. The molecule has 0 atom stereocenters. The van der Waals surface area contributed by atoms with Gasteiger partial charge in [0, 0.05) is 4.70 Å². The standard InChI is InChI=1S/C8H5FS.BF4/c9-8-5-6-3-1-2-4-7(6)10-8;2-1(3,4)5/h1-5H;/q;-1. The van der Waals surface area contributed by atoms with E-state index in [2.05, 4.69) is 0 Å². The molecule has 0 bridgehead atoms. The molecule has 0 saturated heterocycles. The Hall–Kier alpha value is -1.11. The van der Waals surface area contributed by atoms with Gasteiger partial charge >= 0.3 is 7.25 Å². The van der Waals surface area contributed by atoms with Gasteiger partial charge in [0.2, 0.25) is 0 Å². The summed E-state index contributed by atoms with van der Waals surface area (Å²) in [6, 6.07) is 9.21. The Balaban J connectivity index is 0.000000195. The second-order valence-electron chi connectivity index (χ2n) is 2.58. The molecule has 1 heterocycles. The molecule has 0 fully saturated rings. The highest BCUT2D eigenvalue weighted by molar-refractivity contribution is 7.17. The van der Waals surface area contributed by atoms with Crippen LogP contribution in [0, 0.1) is 5.13 Å². The van der Waals surface area contributed by atoms with Gasteiger partial charge in [0.1, 0.15) is 0 Å². The van der Waals surface area contributed by atoms with Crippen molar-refractivity contribution < 1.29 is 21.7 Å². The zero-order valence-electron chi connectivity index (χ0n) is 7.26. The first-order valence-electron chi connectivity index (χ1n) is 3.87. The van der Waals surface area contributed by atoms with Gasteiger partial charge in [0.15, 0.2) is 5.13 Å². The van der Waals surface area contributed by atoms with Crippen LogP contribution in [0.5, 0.6) is 0 Å². The fraction of sp³-hybridized carbons (Fsp3) is 0. The van der Waals surface area contributed by atoms with Crippen LogP contribution >= 0.6 is 11.3 Å². The van der Waals surface area contributed by atoms with Crippen molar-refractivity contribution in [3.63, 3.8) is 0 Å². The maximum Gasteiger partial charge on any atom is 0.673 e. The fourth-order valence-electron chi connectivity index (χ4n) is 0.949. The Kier molecular flexibility index (Phi) is 3.68. The van der Waals surface area contributed by atoms with Crippen molar-refractivity contribution in [2.24, 2.45) is 0 Å². The summed E-state index contributed by atoms with van der Waals surface area (Å²) in [5.74, 6) is 0. The van der Waals surface area contributed by atoms with Gasteiger partial charge < -0.3 is 17.3 Å². The zero-order valence-corrected chi connectivity index (χ0v) is 8.08. The lowest BCUT2D eigenvalue weighted by Gasteiger charge is -1.94. The van der Waals surface area contributed by atoms with Gasteiger partial charge in [-0.15, -0.1) is 11.3 Å². The Morgan fingerprint density at radius 2 is 1.53 bits per heavy atom. The van der Waals surface area contributed by atoms with Crippen LogP contribution in [0.25, 0.3) is 10.1 Å². The van der Waals surface area contributed by atoms with E-state index in [-0.39, 0.29) is 5.13 Å². The lowest BCUT2D eigenvalue weighted by atomic mass is 10.3. The minimum Gasteiger partial charge on any atom is -0.418 e. The number of fused-ring (bicyclic) bond motifs is 1. The first kappa shape index (κ1) is 12.0. The van der Waals surface area contributed by atoms with Crippen molar-refractivity contribution in [1.82, 2.24) is 0 Å². The molecule has 0 amide bonds. The van der Waals surface area contributed by atoms with Crippen LogP contribution in [0.15, 0.2) is 30.3 Å². The van der Waals surface area contributed by atoms with Crippen molar-refractivity contribution in [2.75, 3.05) is 0 Å². The second-order valence-corrected chi connectivity index (χ2v) is 3.62. The van der Waals surface area contributed by atoms with Crippen molar-refractivity contribution in [2.45, 2.75) is 0 Å². The Morgan fingerprint density at radius 3 is 2.07 bits per heavy atom. The van der Waals surface area contributed by atoms with E-state index in [1.165, 1.54) is 11.3 Å². The van der Waals surface area contributed by atoms with Crippen LogP contribution in [-0.2, 0) is 0 Å². The number of halogens is 5. The average Bonchev–Trinajstić information content (AvgIpc) is 2.40. The largest absolute Gasteiger partial charge is 0.673 e. The van der Waals surface area contributed by atoms with Gasteiger partial charge in [-0.25, -0.2) is 0 Å². The van der Waals surface area contributed by atoms with Gasteiger partial charge in [-0.05, 0) is 17.5 Å². The minimum atomic E-state index is -6.00. The highest BCUT2D eigenvalue weighted by Crippen LogP contribution is 2.23. The molecular weight excluding hydrogens is 234 g/mol. The van der Waals surface area contributed by atoms with Crippen molar-refractivity contribution in [1.29, 1.82) is 0 Å². The quantitative estimate of drug-likeness (QED) is 0.473. The summed E-state index contributed by atoms with van der Waals surface area (Å²) >= 11 is 1.19. The Morgan fingerprint density at radius 1 is 1.00 bits per heavy atom. The van der Waals surface area contributed by atoms with E-state index >= 15 is 0 Å². The van der Waals surface area contributed by atoms with Crippen LogP contribution in [0.2, 0.25) is 0 Å². The number of hydrogen-bond donors (Lipinski definition) is 0. The van der Waals surface area contributed by atoms with Gasteiger partial charge in [-0.3, -0.25) is 0 Å². The molecule has 0 aliphatic heterocycles. The van der Waals surface area contributed by atoms with E-state index in [0.29, 0.717) is 0 Å². The van der Waals surface area contributed by atoms with Gasteiger partial charge in [0.25, 0.3) is 0 Å². The summed E-state index contributed by atoms with van der Waals surface area (Å²) in [4.78, 5) is 0. The third kappa shape index (κ3) is 4.78. The lowest BCUT2D eigenvalue weighted by molar-refractivity contribution is 0.368. The molecule has 0 spiro atoms. The molecule has 1 aromatic carbocycles. The van der Waals surface area contributed by atoms with E-state index < -0.39 is 7.25 Å². The van der Waals surface area contributed by atoms with Crippen molar-refractivity contribution in [3.8, 4) is 0 Å². The summed E-state index contributed by atoms with van der Waals surface area (Å²) in [5.41, 5.74) is 0. The smallest absolute Gasteiger partial charge is 0.418 e. The van der Waals surface area contributed by atoms with E-state index in [9.17, 15) is 21.7 Å². The third-order valence-electron chi connectivity index (χ3n) is 1.40. The Labute approximate surface area is 86.4 Å². The maximum absolute atomic E-state index is 12.5. The van der Waals surface area contributed by atoms with E-state index in [4.69, 9.17) is 0 Å². The topological polar surface area (TPSA) is 0 Å². The lowest BCUT2D eigenvalue weighted by Crippen LogP contribution is -2.02. The summed E-state index contributed by atoms with van der Waals surface area (Å²) in [6.07, 6.45) is 0. The summed E-state index contributed by atoms with van der Waals surface area (Å²) in [6.45, 7) is 0. The highest BCUT2D eigenvalue weighted by atomic mass is 32.1. The summed E-state index contributed by atoms with van der Waals surface area (Å²) in [7, 11) is -6.00. The molecule has 2 rings (SSSR count). The summed E-state index contributed by atoms with van der Waals surface area (Å²) < 4.78 is 52.6. The zero-order chi connectivity index (χ0) is 11.5. The second kappa shape index (κ2) is 4.61. The molecule has 7 heteroatoms. The molecule has 2 aromatic rings. The summed E-state index contributed by atoms with van der Waals surface area (Å²) in [5, 5.41) is 0.881. The number of thiophene rings is 1. The van der Waals surface area contributed by atoms with E-state index in [1.807, 2.05) is 24.3 Å². The highest BCUT2D eigenvalue weighted by Gasteiger charge is 2.20. The third-order valence-corrected chi connectivity index (χ3v) is 2.30. The average molecular weight is 239 g/mol. The molecule has 0 unspecified atom stereocenters.